The number of benzene rings is 1. The molecule has 2 rings (SSSR count). The van der Waals surface area contributed by atoms with Crippen LogP contribution in [0.5, 0.6) is 0 Å². The van der Waals surface area contributed by atoms with Gasteiger partial charge < -0.3 is 14.6 Å². The van der Waals surface area contributed by atoms with E-state index in [0.29, 0.717) is 6.61 Å². The van der Waals surface area contributed by atoms with E-state index in [2.05, 4.69) is 20.4 Å². The lowest BCUT2D eigenvalue weighted by Crippen LogP contribution is -2.26. The first-order valence-corrected chi connectivity index (χ1v) is 8.61. The molecule has 0 unspecified atom stereocenters. The summed E-state index contributed by atoms with van der Waals surface area (Å²) >= 11 is 0. The van der Waals surface area contributed by atoms with Gasteiger partial charge in [0.05, 0.1) is 24.9 Å². The summed E-state index contributed by atoms with van der Waals surface area (Å²) in [7, 11) is 1.64. The Morgan fingerprint density at radius 2 is 2.04 bits per heavy atom. The molecular formula is C19H23F3N4O2. The highest BCUT2D eigenvalue weighted by atomic mass is 19.4. The van der Waals surface area contributed by atoms with Gasteiger partial charge in [0.2, 0.25) is 0 Å². The molecule has 0 bridgehead atoms. The van der Waals surface area contributed by atoms with Crippen LogP contribution >= 0.6 is 0 Å². The van der Waals surface area contributed by atoms with E-state index in [4.69, 9.17) is 4.74 Å². The number of anilines is 1. The second-order valence-corrected chi connectivity index (χ2v) is 6.20. The Kier molecular flexibility index (Phi) is 7.22. The molecule has 2 aromatic rings. The van der Waals surface area contributed by atoms with Crippen LogP contribution in [0.25, 0.3) is 0 Å². The molecule has 152 valence electrons. The minimum atomic E-state index is -4.43. The molecule has 1 amide bonds. The number of nitrogens with one attached hydrogen (secondary N) is 2. The summed E-state index contributed by atoms with van der Waals surface area (Å²) in [6.07, 6.45) is -2.90. The van der Waals surface area contributed by atoms with Crippen molar-refractivity contribution in [1.29, 1.82) is 0 Å². The molecule has 28 heavy (non-hydrogen) atoms. The van der Waals surface area contributed by atoms with Crippen molar-refractivity contribution in [1.82, 2.24) is 9.99 Å². The fourth-order valence-electron chi connectivity index (χ4n) is 2.69. The summed E-state index contributed by atoms with van der Waals surface area (Å²) in [5.74, 6) is -0.471. The smallest absolute Gasteiger partial charge is 0.383 e. The lowest BCUT2D eigenvalue weighted by molar-refractivity contribution is -0.137. The molecule has 0 aliphatic heterocycles. The third-order valence-electron chi connectivity index (χ3n) is 4.17. The molecule has 0 saturated heterocycles. The molecule has 1 aromatic carbocycles. The van der Waals surface area contributed by atoms with E-state index in [0.717, 1.165) is 35.6 Å². The number of hydrazone groups is 1. The Morgan fingerprint density at radius 3 is 2.71 bits per heavy atom. The van der Waals surface area contributed by atoms with E-state index >= 15 is 0 Å². The third-order valence-corrected chi connectivity index (χ3v) is 4.17. The average molecular weight is 396 g/mol. The van der Waals surface area contributed by atoms with Gasteiger partial charge in [-0.2, -0.15) is 18.3 Å². The predicted molar refractivity (Wildman–Crippen MR) is 101 cm³/mol. The van der Waals surface area contributed by atoms with Crippen molar-refractivity contribution in [2.75, 3.05) is 25.6 Å². The quantitative estimate of drug-likeness (QED) is 0.531. The maximum atomic E-state index is 12.7. The van der Waals surface area contributed by atoms with Gasteiger partial charge in [0.1, 0.15) is 0 Å². The summed E-state index contributed by atoms with van der Waals surface area (Å²) < 4.78 is 45.2. The Labute approximate surface area is 161 Å². The normalized spacial score (nSPS) is 11.8. The number of carbonyl (C=O) groups is 1. The molecule has 1 heterocycles. The van der Waals surface area contributed by atoms with Gasteiger partial charge in [0.15, 0.2) is 0 Å². The van der Waals surface area contributed by atoms with Crippen LogP contribution in [0.3, 0.4) is 0 Å². The van der Waals surface area contributed by atoms with Crippen LogP contribution < -0.4 is 10.7 Å². The van der Waals surface area contributed by atoms with Gasteiger partial charge in [-0.05, 0) is 38.1 Å². The lowest BCUT2D eigenvalue weighted by Gasteiger charge is -2.10. The molecule has 0 spiro atoms. The van der Waals surface area contributed by atoms with Crippen LogP contribution in [-0.4, -0.2) is 37.0 Å². The van der Waals surface area contributed by atoms with Gasteiger partial charge >= 0.3 is 6.18 Å². The molecule has 0 radical (unpaired) electrons. The fourth-order valence-corrected chi connectivity index (χ4v) is 2.69. The second kappa shape index (κ2) is 9.41. The van der Waals surface area contributed by atoms with Crippen LogP contribution in [0.1, 0.15) is 22.5 Å². The van der Waals surface area contributed by atoms with Crippen molar-refractivity contribution < 1.29 is 22.7 Å². The number of carbonyl (C=O) groups excluding carboxylic acids is 1. The number of aryl methyl sites for hydroxylation is 1. The van der Waals surface area contributed by atoms with E-state index in [1.807, 2.05) is 19.9 Å². The van der Waals surface area contributed by atoms with Gasteiger partial charge in [-0.15, -0.1) is 0 Å². The van der Waals surface area contributed by atoms with Gasteiger partial charge in [0, 0.05) is 36.3 Å². The van der Waals surface area contributed by atoms with Crippen LogP contribution in [0.2, 0.25) is 0 Å². The molecule has 0 saturated carbocycles. The number of amides is 1. The van der Waals surface area contributed by atoms with Gasteiger partial charge in [-0.25, -0.2) is 5.43 Å². The van der Waals surface area contributed by atoms with Gasteiger partial charge in [0.25, 0.3) is 5.91 Å². The third kappa shape index (κ3) is 5.85. The first-order chi connectivity index (χ1) is 13.2. The molecule has 0 aliphatic rings. The lowest BCUT2D eigenvalue weighted by atomic mass is 10.2. The van der Waals surface area contributed by atoms with Crippen molar-refractivity contribution in [3.05, 3.63) is 52.8 Å². The minimum Gasteiger partial charge on any atom is -0.383 e. The standard InChI is InChI=1S/C19H23F3N4O2/c1-13-9-15(14(2)26(13)7-8-28-3)11-24-25-18(27)12-23-17-6-4-5-16(10-17)19(20,21)22/h4-6,9-11,23H,7-8,12H2,1-3H3,(H,25,27)/b24-11+. The number of hydrogen-bond donors (Lipinski definition) is 2. The molecule has 0 fully saturated rings. The zero-order valence-electron chi connectivity index (χ0n) is 15.9. The van der Waals surface area contributed by atoms with Crippen LogP contribution in [0.15, 0.2) is 35.4 Å². The molecule has 1 aromatic heterocycles. The van der Waals surface area contributed by atoms with Crippen molar-refractivity contribution in [3.63, 3.8) is 0 Å². The Morgan fingerprint density at radius 1 is 1.29 bits per heavy atom. The summed E-state index contributed by atoms with van der Waals surface area (Å²) in [6, 6.07) is 6.60. The van der Waals surface area contributed by atoms with Gasteiger partial charge in [-0.3, -0.25) is 4.79 Å². The summed E-state index contributed by atoms with van der Waals surface area (Å²) in [5, 5.41) is 6.57. The van der Waals surface area contributed by atoms with Crippen molar-refractivity contribution in [2.24, 2.45) is 5.10 Å². The summed E-state index contributed by atoms with van der Waals surface area (Å²) in [5.41, 5.74) is 4.69. The van der Waals surface area contributed by atoms with E-state index in [1.165, 1.54) is 18.3 Å². The number of rotatable bonds is 8. The predicted octanol–water partition coefficient (Wildman–Crippen LogP) is 3.33. The zero-order valence-corrected chi connectivity index (χ0v) is 15.9. The summed E-state index contributed by atoms with van der Waals surface area (Å²) in [6.45, 7) is 5.02. The van der Waals surface area contributed by atoms with Crippen molar-refractivity contribution in [2.45, 2.75) is 26.6 Å². The largest absolute Gasteiger partial charge is 0.416 e. The second-order valence-electron chi connectivity index (χ2n) is 6.20. The molecule has 2 N–H and O–H groups in total. The number of hydrogen-bond acceptors (Lipinski definition) is 4. The number of alkyl halides is 3. The summed E-state index contributed by atoms with van der Waals surface area (Å²) in [4.78, 5) is 11.9. The zero-order chi connectivity index (χ0) is 20.7. The van der Waals surface area contributed by atoms with E-state index in [9.17, 15) is 18.0 Å². The highest BCUT2D eigenvalue weighted by Crippen LogP contribution is 2.30. The minimum absolute atomic E-state index is 0.203. The van der Waals surface area contributed by atoms with Crippen LogP contribution in [-0.2, 0) is 22.3 Å². The Hall–Kier alpha value is -2.81. The maximum Gasteiger partial charge on any atom is 0.416 e. The van der Waals surface area contributed by atoms with E-state index in [-0.39, 0.29) is 12.2 Å². The first kappa shape index (κ1) is 21.5. The Bertz CT molecular complexity index is 844. The van der Waals surface area contributed by atoms with Crippen LogP contribution in [0, 0.1) is 13.8 Å². The molecule has 0 atom stereocenters. The molecule has 6 nitrogen and oxygen atoms in total. The Balaban J connectivity index is 1.89. The molecule has 9 heteroatoms. The number of methoxy groups -OCH3 is 1. The van der Waals surface area contributed by atoms with E-state index in [1.54, 1.807) is 7.11 Å². The number of aromatic nitrogens is 1. The van der Waals surface area contributed by atoms with E-state index < -0.39 is 17.6 Å². The van der Waals surface area contributed by atoms with Crippen molar-refractivity contribution in [3.8, 4) is 0 Å². The van der Waals surface area contributed by atoms with Gasteiger partial charge in [-0.1, -0.05) is 6.07 Å². The first-order valence-electron chi connectivity index (χ1n) is 8.61. The van der Waals surface area contributed by atoms with Crippen LogP contribution in [0.4, 0.5) is 18.9 Å². The molecular weight excluding hydrogens is 373 g/mol. The SMILES string of the molecule is COCCn1c(C)cc(/C=N/NC(=O)CNc2cccc(C(F)(F)F)c2)c1C. The monoisotopic (exact) mass is 396 g/mol. The topological polar surface area (TPSA) is 67.6 Å². The number of nitrogens with zero attached hydrogens (tertiary/aromatic N) is 2. The maximum absolute atomic E-state index is 12.7. The fraction of sp³-hybridized carbons (Fsp3) is 0.368. The highest BCUT2D eigenvalue weighted by Gasteiger charge is 2.30. The number of ether oxygens (including phenoxy) is 1. The highest BCUT2D eigenvalue weighted by molar-refractivity contribution is 5.85. The van der Waals surface area contributed by atoms with Crippen molar-refractivity contribution >= 4 is 17.8 Å². The number of halogens is 3. The molecule has 0 aliphatic carbocycles. The average Bonchev–Trinajstić information content (AvgIpc) is 2.91.